The van der Waals surface area contributed by atoms with E-state index >= 15 is 0 Å². The van der Waals surface area contributed by atoms with Crippen LogP contribution < -0.4 is 10.6 Å². The molecular formula is C23H26N2O4. The number of amides is 2. The van der Waals surface area contributed by atoms with Gasteiger partial charge in [-0.15, -0.1) is 0 Å². The topological polar surface area (TPSA) is 84.5 Å². The molecule has 6 nitrogen and oxygen atoms in total. The molecule has 2 amide bonds. The molecule has 2 aromatic carbocycles. The van der Waals surface area contributed by atoms with Crippen molar-refractivity contribution in [1.82, 2.24) is 5.32 Å². The molecule has 0 saturated heterocycles. The van der Waals surface area contributed by atoms with Crippen LogP contribution >= 0.6 is 0 Å². The van der Waals surface area contributed by atoms with Gasteiger partial charge in [-0.2, -0.15) is 0 Å². The van der Waals surface area contributed by atoms with Gasteiger partial charge in [-0.25, -0.2) is 4.79 Å². The van der Waals surface area contributed by atoms with E-state index in [0.717, 1.165) is 11.1 Å². The van der Waals surface area contributed by atoms with Crippen LogP contribution in [0.1, 0.15) is 44.7 Å². The van der Waals surface area contributed by atoms with Gasteiger partial charge >= 0.3 is 5.97 Å². The summed E-state index contributed by atoms with van der Waals surface area (Å²) in [6.45, 7) is 6.84. The largest absolute Gasteiger partial charge is 0.448 e. The van der Waals surface area contributed by atoms with Crippen molar-refractivity contribution >= 4 is 29.5 Å². The van der Waals surface area contributed by atoms with Crippen molar-refractivity contribution in [3.05, 3.63) is 71.4 Å². The molecule has 0 radical (unpaired) electrons. The number of anilines is 1. The second kappa shape index (κ2) is 10.2. The van der Waals surface area contributed by atoms with Crippen LogP contribution in [0.2, 0.25) is 0 Å². The number of benzene rings is 2. The second-order valence-corrected chi connectivity index (χ2v) is 6.93. The minimum absolute atomic E-state index is 0.0362. The van der Waals surface area contributed by atoms with E-state index in [1.807, 2.05) is 50.2 Å². The highest BCUT2D eigenvalue weighted by molar-refractivity contribution is 6.00. The lowest BCUT2D eigenvalue weighted by atomic mass is 10.0. The van der Waals surface area contributed by atoms with Gasteiger partial charge in [-0.05, 0) is 36.1 Å². The highest BCUT2D eigenvalue weighted by Gasteiger charge is 2.22. The Hall–Kier alpha value is -3.41. The van der Waals surface area contributed by atoms with Crippen LogP contribution in [0.3, 0.4) is 0 Å². The van der Waals surface area contributed by atoms with E-state index in [1.54, 1.807) is 18.2 Å². The van der Waals surface area contributed by atoms with Crippen LogP contribution in [-0.4, -0.2) is 23.9 Å². The number of carbonyl (C=O) groups is 3. The van der Waals surface area contributed by atoms with Gasteiger partial charge in [0.15, 0.2) is 6.10 Å². The zero-order valence-corrected chi connectivity index (χ0v) is 17.1. The van der Waals surface area contributed by atoms with Crippen LogP contribution in [0.15, 0.2) is 60.3 Å². The van der Waals surface area contributed by atoms with E-state index in [9.17, 15) is 14.4 Å². The zero-order valence-electron chi connectivity index (χ0n) is 17.1. The molecule has 6 heteroatoms. The van der Waals surface area contributed by atoms with Gasteiger partial charge in [0.2, 0.25) is 5.91 Å². The fraction of sp³-hybridized carbons (Fsp3) is 0.261. The SMILES string of the molecule is CC(=O)N/C(=C\c1ccccc1)C(=O)O[C@H](C)C(=O)Nc1ccccc1C(C)C. The predicted molar refractivity (Wildman–Crippen MR) is 113 cm³/mol. The molecule has 0 bridgehead atoms. The quantitative estimate of drug-likeness (QED) is 0.552. The molecule has 0 fully saturated rings. The van der Waals surface area contributed by atoms with Crippen molar-refractivity contribution < 1.29 is 19.1 Å². The molecule has 0 heterocycles. The van der Waals surface area contributed by atoms with E-state index in [-0.39, 0.29) is 11.6 Å². The summed E-state index contributed by atoms with van der Waals surface area (Å²) in [6, 6.07) is 16.5. The first-order valence-electron chi connectivity index (χ1n) is 9.43. The number of hydrogen-bond donors (Lipinski definition) is 2. The average molecular weight is 394 g/mol. The Morgan fingerprint density at radius 2 is 1.55 bits per heavy atom. The Morgan fingerprint density at radius 3 is 2.17 bits per heavy atom. The number of hydrogen-bond acceptors (Lipinski definition) is 4. The second-order valence-electron chi connectivity index (χ2n) is 6.93. The monoisotopic (exact) mass is 394 g/mol. The smallest absolute Gasteiger partial charge is 0.355 e. The first-order chi connectivity index (χ1) is 13.8. The van der Waals surface area contributed by atoms with Crippen LogP contribution in [-0.2, 0) is 19.1 Å². The van der Waals surface area contributed by atoms with Crippen molar-refractivity contribution in [1.29, 1.82) is 0 Å². The number of esters is 1. The highest BCUT2D eigenvalue weighted by Crippen LogP contribution is 2.24. The Balaban J connectivity index is 2.12. The van der Waals surface area contributed by atoms with Crippen molar-refractivity contribution in [2.45, 2.75) is 39.7 Å². The van der Waals surface area contributed by atoms with Crippen LogP contribution in [0, 0.1) is 0 Å². The van der Waals surface area contributed by atoms with E-state index in [4.69, 9.17) is 4.74 Å². The average Bonchev–Trinajstić information content (AvgIpc) is 2.68. The molecule has 2 N–H and O–H groups in total. The third kappa shape index (κ3) is 6.60. The first-order valence-corrected chi connectivity index (χ1v) is 9.43. The summed E-state index contributed by atoms with van der Waals surface area (Å²) in [5, 5.41) is 5.27. The Morgan fingerprint density at radius 1 is 0.931 bits per heavy atom. The fourth-order valence-corrected chi connectivity index (χ4v) is 2.68. The maximum atomic E-state index is 12.5. The van der Waals surface area contributed by atoms with Crippen molar-refractivity contribution in [2.75, 3.05) is 5.32 Å². The van der Waals surface area contributed by atoms with E-state index in [0.29, 0.717) is 5.69 Å². The number of carbonyl (C=O) groups excluding carboxylic acids is 3. The van der Waals surface area contributed by atoms with E-state index in [1.165, 1.54) is 19.9 Å². The molecule has 0 aliphatic carbocycles. The van der Waals surface area contributed by atoms with E-state index < -0.39 is 23.9 Å². The standard InChI is InChI=1S/C23H26N2O4/c1-15(2)19-12-8-9-13-20(19)25-22(27)16(3)29-23(28)21(24-17(4)26)14-18-10-6-5-7-11-18/h5-16H,1-4H3,(H,24,26)(H,25,27)/b21-14-/t16-/m1/s1. The lowest BCUT2D eigenvalue weighted by Crippen LogP contribution is -2.34. The summed E-state index contributed by atoms with van der Waals surface area (Å²) in [5.41, 5.74) is 2.35. The molecule has 0 spiro atoms. The van der Waals surface area contributed by atoms with Crippen LogP contribution in [0.5, 0.6) is 0 Å². The van der Waals surface area contributed by atoms with Crippen molar-refractivity contribution in [3.8, 4) is 0 Å². The van der Waals surface area contributed by atoms with Gasteiger partial charge < -0.3 is 15.4 Å². The number of ether oxygens (including phenoxy) is 1. The van der Waals surface area contributed by atoms with Gasteiger partial charge in [0.1, 0.15) is 5.70 Å². The molecule has 0 saturated carbocycles. The third-order valence-corrected chi connectivity index (χ3v) is 4.13. The molecule has 1 atom stereocenters. The first kappa shape index (κ1) is 21.9. The Kier molecular flexibility index (Phi) is 7.71. The molecule has 29 heavy (non-hydrogen) atoms. The number of nitrogens with one attached hydrogen (secondary N) is 2. The van der Waals surface area contributed by atoms with Gasteiger partial charge in [0, 0.05) is 12.6 Å². The van der Waals surface area contributed by atoms with Crippen LogP contribution in [0.25, 0.3) is 6.08 Å². The lowest BCUT2D eigenvalue weighted by molar-refractivity contribution is -0.149. The number of para-hydroxylation sites is 1. The van der Waals surface area contributed by atoms with Crippen molar-refractivity contribution in [3.63, 3.8) is 0 Å². The molecule has 152 valence electrons. The zero-order chi connectivity index (χ0) is 21.4. The summed E-state index contributed by atoms with van der Waals surface area (Å²) in [6.07, 6.45) is 0.457. The molecule has 0 aromatic heterocycles. The van der Waals surface area contributed by atoms with Gasteiger partial charge in [-0.3, -0.25) is 9.59 Å². The van der Waals surface area contributed by atoms with Crippen molar-refractivity contribution in [2.24, 2.45) is 0 Å². The Bertz CT molecular complexity index is 904. The van der Waals surface area contributed by atoms with Gasteiger partial charge in [0.25, 0.3) is 5.91 Å². The summed E-state index contributed by atoms with van der Waals surface area (Å²) in [4.78, 5) is 36.5. The summed E-state index contributed by atoms with van der Waals surface area (Å²) >= 11 is 0. The maximum absolute atomic E-state index is 12.5. The normalized spacial score (nSPS) is 12.2. The summed E-state index contributed by atoms with van der Waals surface area (Å²) in [5.74, 6) is -1.42. The fourth-order valence-electron chi connectivity index (χ4n) is 2.68. The highest BCUT2D eigenvalue weighted by atomic mass is 16.5. The molecule has 0 aliphatic heterocycles. The summed E-state index contributed by atoms with van der Waals surface area (Å²) in [7, 11) is 0. The predicted octanol–water partition coefficient (Wildman–Crippen LogP) is 3.86. The molecule has 0 aliphatic rings. The minimum atomic E-state index is -1.05. The van der Waals surface area contributed by atoms with E-state index in [2.05, 4.69) is 10.6 Å². The molecule has 2 aromatic rings. The maximum Gasteiger partial charge on any atom is 0.355 e. The molecule has 2 rings (SSSR count). The van der Waals surface area contributed by atoms with Crippen LogP contribution in [0.4, 0.5) is 5.69 Å². The molecule has 0 unspecified atom stereocenters. The molecular weight excluding hydrogens is 368 g/mol. The number of rotatable bonds is 7. The lowest BCUT2D eigenvalue weighted by Gasteiger charge is -2.17. The third-order valence-electron chi connectivity index (χ3n) is 4.13. The van der Waals surface area contributed by atoms with Gasteiger partial charge in [0.05, 0.1) is 0 Å². The Labute approximate surface area is 171 Å². The van der Waals surface area contributed by atoms with Gasteiger partial charge in [-0.1, -0.05) is 62.4 Å². The summed E-state index contributed by atoms with van der Waals surface area (Å²) < 4.78 is 5.29. The minimum Gasteiger partial charge on any atom is -0.448 e.